The molecule has 2 N–H and O–H groups in total. The zero-order chi connectivity index (χ0) is 18.0. The van der Waals surface area contributed by atoms with E-state index in [0.717, 1.165) is 5.56 Å². The molecule has 1 fully saturated rings. The fourth-order valence-corrected chi connectivity index (χ4v) is 3.34. The first-order valence-corrected chi connectivity index (χ1v) is 8.55. The molecule has 3 heterocycles. The third-order valence-corrected chi connectivity index (χ3v) is 4.70. The molecule has 1 saturated heterocycles. The smallest absolute Gasteiger partial charge is 0.255 e. The van der Waals surface area contributed by atoms with Crippen molar-refractivity contribution in [1.82, 2.24) is 14.9 Å². The number of nitrogens with zero attached hydrogens (tertiary/aromatic N) is 2. The van der Waals surface area contributed by atoms with Crippen LogP contribution in [-0.4, -0.2) is 45.1 Å². The van der Waals surface area contributed by atoms with E-state index in [-0.39, 0.29) is 23.3 Å². The molecule has 3 rings (SSSR count). The number of amides is 1. The molecule has 0 saturated carbocycles. The standard InChI is InChI=1S/C19H23N3O3/c1-12(2)18-15(3-4-17(24)21-18)19(25)22-10-14(16(23)11-22)9-13-5-7-20-8-6-13/h3-8,12,14,16,23H,9-11H2,1-2H3,(H,21,24)/t14-,16+/m1/s1. The summed E-state index contributed by atoms with van der Waals surface area (Å²) in [7, 11) is 0. The summed E-state index contributed by atoms with van der Waals surface area (Å²) in [5.41, 5.74) is 2.04. The number of aromatic amines is 1. The molecule has 0 spiro atoms. The molecule has 25 heavy (non-hydrogen) atoms. The Bertz CT molecular complexity index is 801. The quantitative estimate of drug-likeness (QED) is 0.884. The lowest BCUT2D eigenvalue weighted by Gasteiger charge is -2.19. The second-order valence-electron chi connectivity index (χ2n) is 6.90. The third kappa shape index (κ3) is 3.79. The van der Waals surface area contributed by atoms with Gasteiger partial charge in [0.1, 0.15) is 0 Å². The molecular formula is C19H23N3O3. The number of aromatic nitrogens is 2. The molecule has 1 aliphatic rings. The van der Waals surface area contributed by atoms with Crippen molar-refractivity contribution in [2.45, 2.75) is 32.3 Å². The van der Waals surface area contributed by atoms with Crippen molar-refractivity contribution in [2.75, 3.05) is 13.1 Å². The molecule has 0 aliphatic carbocycles. The minimum absolute atomic E-state index is 0.00314. The molecular weight excluding hydrogens is 318 g/mol. The molecule has 0 bridgehead atoms. The Morgan fingerprint density at radius 3 is 2.68 bits per heavy atom. The van der Waals surface area contributed by atoms with Crippen LogP contribution in [0.3, 0.4) is 0 Å². The first-order chi connectivity index (χ1) is 12.0. The zero-order valence-electron chi connectivity index (χ0n) is 14.5. The minimum atomic E-state index is -0.553. The lowest BCUT2D eigenvalue weighted by Crippen LogP contribution is -2.31. The highest BCUT2D eigenvalue weighted by Crippen LogP contribution is 2.25. The van der Waals surface area contributed by atoms with Crippen LogP contribution in [0.15, 0.2) is 41.5 Å². The van der Waals surface area contributed by atoms with Crippen LogP contribution >= 0.6 is 0 Å². The number of carbonyl (C=O) groups is 1. The summed E-state index contributed by atoms with van der Waals surface area (Å²) in [6.07, 6.45) is 3.61. The van der Waals surface area contributed by atoms with Crippen molar-refractivity contribution in [2.24, 2.45) is 5.92 Å². The van der Waals surface area contributed by atoms with Crippen LogP contribution in [0.1, 0.15) is 41.4 Å². The highest BCUT2D eigenvalue weighted by molar-refractivity contribution is 5.95. The summed E-state index contributed by atoms with van der Waals surface area (Å²) in [4.78, 5) is 32.9. The number of rotatable bonds is 4. The highest BCUT2D eigenvalue weighted by atomic mass is 16.3. The van der Waals surface area contributed by atoms with Gasteiger partial charge in [-0.2, -0.15) is 0 Å². The van der Waals surface area contributed by atoms with Crippen LogP contribution in [0.5, 0.6) is 0 Å². The topological polar surface area (TPSA) is 86.3 Å². The van der Waals surface area contributed by atoms with Gasteiger partial charge >= 0.3 is 0 Å². The van der Waals surface area contributed by atoms with E-state index in [1.54, 1.807) is 23.4 Å². The van der Waals surface area contributed by atoms with Crippen molar-refractivity contribution in [1.29, 1.82) is 0 Å². The highest BCUT2D eigenvalue weighted by Gasteiger charge is 2.35. The van der Waals surface area contributed by atoms with E-state index in [4.69, 9.17) is 0 Å². The number of β-amino-alcohol motifs (C(OH)–C–C–N with tert-alkyl or cyclic N) is 1. The Balaban J connectivity index is 1.77. The van der Waals surface area contributed by atoms with E-state index in [1.165, 1.54) is 6.07 Å². The number of hydrogen-bond acceptors (Lipinski definition) is 4. The zero-order valence-corrected chi connectivity index (χ0v) is 14.5. The largest absolute Gasteiger partial charge is 0.391 e. The molecule has 0 unspecified atom stereocenters. The molecule has 132 valence electrons. The Morgan fingerprint density at radius 1 is 1.28 bits per heavy atom. The van der Waals surface area contributed by atoms with Crippen LogP contribution in [-0.2, 0) is 6.42 Å². The molecule has 2 aromatic heterocycles. The van der Waals surface area contributed by atoms with Gasteiger partial charge in [0.05, 0.1) is 11.7 Å². The summed E-state index contributed by atoms with van der Waals surface area (Å²) in [5, 5.41) is 10.4. The summed E-state index contributed by atoms with van der Waals surface area (Å²) in [5.74, 6) is -0.110. The minimum Gasteiger partial charge on any atom is -0.391 e. The molecule has 2 atom stereocenters. The predicted octanol–water partition coefficient (Wildman–Crippen LogP) is 1.57. The van der Waals surface area contributed by atoms with Crippen molar-refractivity contribution >= 4 is 5.91 Å². The normalized spacial score (nSPS) is 20.2. The van der Waals surface area contributed by atoms with Crippen LogP contribution < -0.4 is 5.56 Å². The maximum Gasteiger partial charge on any atom is 0.255 e. The van der Waals surface area contributed by atoms with Crippen LogP contribution in [0.2, 0.25) is 0 Å². The predicted molar refractivity (Wildman–Crippen MR) is 94.5 cm³/mol. The van der Waals surface area contributed by atoms with Crippen molar-refractivity contribution in [3.05, 3.63) is 63.8 Å². The first kappa shape index (κ1) is 17.4. The maximum absolute atomic E-state index is 12.9. The van der Waals surface area contributed by atoms with Gasteiger partial charge in [-0.3, -0.25) is 14.6 Å². The molecule has 0 radical (unpaired) electrons. The number of nitrogens with one attached hydrogen (secondary N) is 1. The van der Waals surface area contributed by atoms with Crippen molar-refractivity contribution < 1.29 is 9.90 Å². The summed E-state index contributed by atoms with van der Waals surface area (Å²) in [6, 6.07) is 6.81. The van der Waals surface area contributed by atoms with Crippen LogP contribution in [0, 0.1) is 5.92 Å². The van der Waals surface area contributed by atoms with Gasteiger partial charge in [0.15, 0.2) is 0 Å². The van der Waals surface area contributed by atoms with Gasteiger partial charge in [0, 0.05) is 43.2 Å². The van der Waals surface area contributed by atoms with Gasteiger partial charge in [0.25, 0.3) is 5.91 Å². The van der Waals surface area contributed by atoms with Crippen LogP contribution in [0.4, 0.5) is 0 Å². The number of pyridine rings is 2. The first-order valence-electron chi connectivity index (χ1n) is 8.55. The third-order valence-electron chi connectivity index (χ3n) is 4.70. The monoisotopic (exact) mass is 341 g/mol. The van der Waals surface area contributed by atoms with E-state index in [9.17, 15) is 14.7 Å². The van der Waals surface area contributed by atoms with Gasteiger partial charge in [-0.1, -0.05) is 13.8 Å². The maximum atomic E-state index is 12.9. The van der Waals surface area contributed by atoms with Crippen molar-refractivity contribution in [3.63, 3.8) is 0 Å². The van der Waals surface area contributed by atoms with Gasteiger partial charge in [0.2, 0.25) is 5.56 Å². The summed E-state index contributed by atoms with van der Waals surface area (Å²) < 4.78 is 0. The second-order valence-corrected chi connectivity index (χ2v) is 6.90. The van der Waals surface area contributed by atoms with E-state index in [0.29, 0.717) is 30.8 Å². The molecule has 6 nitrogen and oxygen atoms in total. The summed E-state index contributed by atoms with van der Waals surface area (Å²) in [6.45, 7) is 4.68. The Labute approximate surface area is 146 Å². The Morgan fingerprint density at radius 2 is 2.00 bits per heavy atom. The van der Waals surface area contributed by atoms with Gasteiger partial charge < -0.3 is 15.0 Å². The second kappa shape index (κ2) is 7.19. The average molecular weight is 341 g/mol. The summed E-state index contributed by atoms with van der Waals surface area (Å²) >= 11 is 0. The van der Waals surface area contributed by atoms with Gasteiger partial charge in [-0.05, 0) is 36.1 Å². The number of hydrogen-bond donors (Lipinski definition) is 2. The van der Waals surface area contributed by atoms with Crippen molar-refractivity contribution in [3.8, 4) is 0 Å². The molecule has 0 aromatic carbocycles. The van der Waals surface area contributed by atoms with E-state index >= 15 is 0 Å². The number of aliphatic hydroxyl groups is 1. The number of aliphatic hydroxyl groups excluding tert-OH is 1. The molecule has 1 aliphatic heterocycles. The average Bonchev–Trinajstić information content (AvgIpc) is 2.96. The number of carbonyl (C=O) groups excluding carboxylic acids is 1. The lowest BCUT2D eigenvalue weighted by molar-refractivity contribution is 0.0762. The SMILES string of the molecule is CC(C)c1[nH]c(=O)ccc1C(=O)N1C[C@@H](Cc2ccncc2)[C@@H](O)C1. The lowest BCUT2D eigenvalue weighted by atomic mass is 9.97. The fraction of sp³-hybridized carbons (Fsp3) is 0.421. The molecule has 1 amide bonds. The van der Waals surface area contributed by atoms with Gasteiger partial charge in [-0.25, -0.2) is 0 Å². The Kier molecular flexibility index (Phi) is 4.99. The number of H-pyrrole nitrogens is 1. The van der Waals surface area contributed by atoms with Crippen LogP contribution in [0.25, 0.3) is 0 Å². The fourth-order valence-electron chi connectivity index (χ4n) is 3.34. The van der Waals surface area contributed by atoms with E-state index in [1.807, 2.05) is 26.0 Å². The van der Waals surface area contributed by atoms with E-state index < -0.39 is 6.10 Å². The molecule has 6 heteroatoms. The number of likely N-dealkylation sites (tertiary alicyclic amines) is 1. The van der Waals surface area contributed by atoms with E-state index in [2.05, 4.69) is 9.97 Å². The van der Waals surface area contributed by atoms with Gasteiger partial charge in [-0.15, -0.1) is 0 Å². The molecule has 2 aromatic rings. The Hall–Kier alpha value is -2.47.